The molecule has 0 unspecified atom stereocenters. The monoisotopic (exact) mass is 204 g/mol. The summed E-state index contributed by atoms with van der Waals surface area (Å²) in [6.45, 7) is 3.63. The van der Waals surface area contributed by atoms with Crippen LogP contribution in [0.4, 0.5) is 0 Å². The second-order valence-electron chi connectivity index (χ2n) is 3.68. The lowest BCUT2D eigenvalue weighted by molar-refractivity contribution is 0.234. The highest BCUT2D eigenvalue weighted by atomic mass is 16.5. The summed E-state index contributed by atoms with van der Waals surface area (Å²) in [6, 6.07) is 6.15. The lowest BCUT2D eigenvalue weighted by Crippen LogP contribution is -2.00. The summed E-state index contributed by atoms with van der Waals surface area (Å²) in [4.78, 5) is 0. The highest BCUT2D eigenvalue weighted by Gasteiger charge is 2.05. The zero-order chi connectivity index (χ0) is 10.5. The normalized spacial score (nSPS) is 13.1. The Morgan fingerprint density at radius 1 is 1.40 bits per heavy atom. The first kappa shape index (κ1) is 10.1. The van der Waals surface area contributed by atoms with Gasteiger partial charge < -0.3 is 9.47 Å². The second kappa shape index (κ2) is 4.87. The van der Waals surface area contributed by atoms with Crippen molar-refractivity contribution >= 4 is 6.08 Å². The predicted molar refractivity (Wildman–Crippen MR) is 60.7 cm³/mol. The lowest BCUT2D eigenvalue weighted by atomic mass is 10.1. The molecule has 0 N–H and O–H groups in total. The Morgan fingerprint density at radius 3 is 3.20 bits per heavy atom. The Hall–Kier alpha value is -1.44. The van der Waals surface area contributed by atoms with E-state index in [9.17, 15) is 0 Å². The van der Waals surface area contributed by atoms with E-state index in [1.54, 1.807) is 6.26 Å². The molecule has 1 heterocycles. The van der Waals surface area contributed by atoms with Gasteiger partial charge >= 0.3 is 0 Å². The highest BCUT2D eigenvalue weighted by Crippen LogP contribution is 2.23. The SMILES string of the molecule is CCCCOc1ccc2c(c1)C=COC2. The van der Waals surface area contributed by atoms with E-state index in [4.69, 9.17) is 9.47 Å². The molecule has 1 aromatic carbocycles. The van der Waals surface area contributed by atoms with Gasteiger partial charge in [0.15, 0.2) is 0 Å². The average Bonchev–Trinajstić information content (AvgIpc) is 2.29. The fourth-order valence-corrected chi connectivity index (χ4v) is 1.54. The van der Waals surface area contributed by atoms with Crippen LogP contribution in [-0.2, 0) is 11.3 Å². The Bertz CT molecular complexity index is 356. The van der Waals surface area contributed by atoms with Crippen LogP contribution in [0.3, 0.4) is 0 Å². The summed E-state index contributed by atoms with van der Waals surface area (Å²) < 4.78 is 10.9. The van der Waals surface area contributed by atoms with Crippen LogP contribution in [0.1, 0.15) is 30.9 Å². The summed E-state index contributed by atoms with van der Waals surface area (Å²) in [5, 5.41) is 0. The minimum absolute atomic E-state index is 0.668. The van der Waals surface area contributed by atoms with Crippen molar-refractivity contribution in [3.63, 3.8) is 0 Å². The van der Waals surface area contributed by atoms with Crippen molar-refractivity contribution in [2.75, 3.05) is 6.61 Å². The van der Waals surface area contributed by atoms with E-state index < -0.39 is 0 Å². The third-order valence-electron chi connectivity index (χ3n) is 2.47. The van der Waals surface area contributed by atoms with Crippen LogP contribution in [0.5, 0.6) is 5.75 Å². The first-order valence-corrected chi connectivity index (χ1v) is 5.44. The van der Waals surface area contributed by atoms with Gasteiger partial charge in [-0.3, -0.25) is 0 Å². The van der Waals surface area contributed by atoms with Crippen molar-refractivity contribution < 1.29 is 9.47 Å². The molecule has 0 saturated carbocycles. The lowest BCUT2D eigenvalue weighted by Gasteiger charge is -2.13. The van der Waals surface area contributed by atoms with E-state index in [1.807, 2.05) is 12.1 Å². The molecule has 2 heteroatoms. The molecule has 15 heavy (non-hydrogen) atoms. The van der Waals surface area contributed by atoms with E-state index >= 15 is 0 Å². The van der Waals surface area contributed by atoms with Gasteiger partial charge in [0.05, 0.1) is 12.9 Å². The molecule has 2 rings (SSSR count). The molecule has 80 valence electrons. The maximum atomic E-state index is 5.64. The summed E-state index contributed by atoms with van der Waals surface area (Å²) in [5.41, 5.74) is 2.43. The van der Waals surface area contributed by atoms with Gasteiger partial charge in [-0.25, -0.2) is 0 Å². The molecular weight excluding hydrogens is 188 g/mol. The molecule has 0 aliphatic carbocycles. The van der Waals surface area contributed by atoms with Gasteiger partial charge in [-0.2, -0.15) is 0 Å². The van der Waals surface area contributed by atoms with Crippen LogP contribution in [0.25, 0.3) is 6.08 Å². The van der Waals surface area contributed by atoms with Gasteiger partial charge in [-0.05, 0) is 35.8 Å². The average molecular weight is 204 g/mol. The van der Waals surface area contributed by atoms with Gasteiger partial charge in [-0.1, -0.05) is 19.4 Å². The Kier molecular flexibility index (Phi) is 3.28. The highest BCUT2D eigenvalue weighted by molar-refractivity contribution is 5.56. The van der Waals surface area contributed by atoms with E-state index in [0.29, 0.717) is 6.61 Å². The molecular formula is C13H16O2. The number of ether oxygens (including phenoxy) is 2. The summed E-state index contributed by atoms with van der Waals surface area (Å²) in [5.74, 6) is 0.953. The van der Waals surface area contributed by atoms with Crippen LogP contribution in [-0.4, -0.2) is 6.61 Å². The molecule has 1 aliphatic rings. The minimum atomic E-state index is 0.668. The van der Waals surface area contributed by atoms with E-state index in [0.717, 1.165) is 18.8 Å². The van der Waals surface area contributed by atoms with Gasteiger partial charge in [-0.15, -0.1) is 0 Å². The molecule has 0 spiro atoms. The molecule has 2 nitrogen and oxygen atoms in total. The van der Waals surface area contributed by atoms with Gasteiger partial charge in [0.2, 0.25) is 0 Å². The predicted octanol–water partition coefficient (Wildman–Crippen LogP) is 3.37. The first-order chi connectivity index (χ1) is 7.40. The van der Waals surface area contributed by atoms with Crippen LogP contribution in [0.15, 0.2) is 24.5 Å². The van der Waals surface area contributed by atoms with Crippen molar-refractivity contribution in [3.05, 3.63) is 35.6 Å². The smallest absolute Gasteiger partial charge is 0.119 e. The Morgan fingerprint density at radius 2 is 2.33 bits per heavy atom. The fourth-order valence-electron chi connectivity index (χ4n) is 1.54. The molecule has 1 aliphatic heterocycles. The summed E-state index contributed by atoms with van der Waals surface area (Å²) in [6.07, 6.45) is 5.98. The number of hydrogen-bond acceptors (Lipinski definition) is 2. The molecule has 0 radical (unpaired) electrons. The largest absolute Gasteiger partial charge is 0.496 e. The molecule has 1 aromatic rings. The van der Waals surface area contributed by atoms with Gasteiger partial charge in [0.25, 0.3) is 0 Å². The van der Waals surface area contributed by atoms with E-state index in [1.165, 1.54) is 17.5 Å². The molecule has 0 bridgehead atoms. The summed E-state index contributed by atoms with van der Waals surface area (Å²) in [7, 11) is 0. The van der Waals surface area contributed by atoms with Crippen LogP contribution >= 0.6 is 0 Å². The zero-order valence-electron chi connectivity index (χ0n) is 9.03. The maximum absolute atomic E-state index is 5.64. The second-order valence-corrected chi connectivity index (χ2v) is 3.68. The fraction of sp³-hybridized carbons (Fsp3) is 0.385. The maximum Gasteiger partial charge on any atom is 0.119 e. The third-order valence-corrected chi connectivity index (χ3v) is 2.47. The van der Waals surface area contributed by atoms with Crippen molar-refractivity contribution in [2.45, 2.75) is 26.4 Å². The molecule has 0 aromatic heterocycles. The van der Waals surface area contributed by atoms with Gasteiger partial charge in [0, 0.05) is 0 Å². The van der Waals surface area contributed by atoms with Crippen molar-refractivity contribution in [1.29, 1.82) is 0 Å². The molecule has 0 fully saturated rings. The quantitative estimate of drug-likeness (QED) is 0.700. The Balaban J connectivity index is 2.05. The van der Waals surface area contributed by atoms with Crippen molar-refractivity contribution in [2.24, 2.45) is 0 Å². The standard InChI is InChI=1S/C13H16O2/c1-2-3-7-15-13-5-4-12-10-14-8-6-11(12)9-13/h4-6,8-9H,2-3,7,10H2,1H3. The van der Waals surface area contributed by atoms with Gasteiger partial charge in [0.1, 0.15) is 12.4 Å². The number of unbranched alkanes of at least 4 members (excludes halogenated alkanes) is 1. The topological polar surface area (TPSA) is 18.5 Å². The Labute approximate surface area is 90.5 Å². The number of hydrogen-bond donors (Lipinski definition) is 0. The molecule has 0 amide bonds. The molecule has 0 atom stereocenters. The van der Waals surface area contributed by atoms with E-state index in [-0.39, 0.29) is 0 Å². The minimum Gasteiger partial charge on any atom is -0.496 e. The van der Waals surface area contributed by atoms with Crippen LogP contribution in [0.2, 0.25) is 0 Å². The number of rotatable bonds is 4. The van der Waals surface area contributed by atoms with Crippen molar-refractivity contribution in [1.82, 2.24) is 0 Å². The first-order valence-electron chi connectivity index (χ1n) is 5.44. The van der Waals surface area contributed by atoms with Crippen molar-refractivity contribution in [3.8, 4) is 5.75 Å². The molecule has 0 saturated heterocycles. The summed E-state index contributed by atoms with van der Waals surface area (Å²) >= 11 is 0. The number of benzene rings is 1. The van der Waals surface area contributed by atoms with Crippen LogP contribution < -0.4 is 4.74 Å². The third kappa shape index (κ3) is 2.52. The zero-order valence-corrected chi connectivity index (χ0v) is 9.03. The van der Waals surface area contributed by atoms with E-state index in [2.05, 4.69) is 19.1 Å². The number of fused-ring (bicyclic) bond motifs is 1. The van der Waals surface area contributed by atoms with Crippen LogP contribution in [0, 0.1) is 0 Å².